The molecule has 0 radical (unpaired) electrons. The van der Waals surface area contributed by atoms with E-state index in [9.17, 15) is 18.0 Å². The first-order chi connectivity index (χ1) is 14.9. The number of para-hydroxylation sites is 1. The van der Waals surface area contributed by atoms with E-state index in [2.05, 4.69) is 10.6 Å². The number of carbonyl (C=O) groups is 2. The molecule has 0 aromatic heterocycles. The third-order valence-electron chi connectivity index (χ3n) is 5.10. The summed E-state index contributed by atoms with van der Waals surface area (Å²) in [6, 6.07) is 14.0. The lowest BCUT2D eigenvalue weighted by molar-refractivity contribution is -0.124. The number of nitrogens with one attached hydrogen (secondary N) is 2. The molecule has 2 aliphatic rings. The lowest BCUT2D eigenvalue weighted by Gasteiger charge is -2.26. The highest BCUT2D eigenvalue weighted by Crippen LogP contribution is 2.36. The van der Waals surface area contributed by atoms with Crippen LogP contribution in [0.25, 0.3) is 0 Å². The summed E-state index contributed by atoms with van der Waals surface area (Å²) < 4.78 is 32.0. The summed E-state index contributed by atoms with van der Waals surface area (Å²) in [5.41, 5.74) is 1.54. The number of anilines is 1. The molecular formula is C21H23N3O5S2. The van der Waals surface area contributed by atoms with E-state index in [0.29, 0.717) is 26.3 Å². The van der Waals surface area contributed by atoms with Crippen LogP contribution >= 0.6 is 11.8 Å². The fourth-order valence-corrected chi connectivity index (χ4v) is 5.90. The molecule has 0 spiro atoms. The van der Waals surface area contributed by atoms with Gasteiger partial charge in [0.15, 0.2) is 0 Å². The van der Waals surface area contributed by atoms with Gasteiger partial charge in [0.05, 0.1) is 29.0 Å². The molecular weight excluding hydrogens is 438 g/mol. The van der Waals surface area contributed by atoms with E-state index in [1.165, 1.54) is 16.1 Å². The van der Waals surface area contributed by atoms with Gasteiger partial charge < -0.3 is 15.4 Å². The Labute approximate surface area is 185 Å². The van der Waals surface area contributed by atoms with Gasteiger partial charge in [-0.15, -0.1) is 11.8 Å². The number of nitrogens with zero attached hydrogens (tertiary/aromatic N) is 1. The van der Waals surface area contributed by atoms with Crippen LogP contribution in [0.5, 0.6) is 0 Å². The van der Waals surface area contributed by atoms with Crippen LogP contribution in [0.4, 0.5) is 5.69 Å². The smallest absolute Gasteiger partial charge is 0.243 e. The second-order valence-corrected chi connectivity index (χ2v) is 10.4. The molecule has 4 rings (SSSR count). The standard InChI is InChI=1S/C21H23N3O5S2/c25-20(13-19-21(26)23-17-3-1-2-4-18(17)30-19)22-14-15-5-7-16(8-6-15)31(27,28)24-9-11-29-12-10-24/h1-8,19H,9-14H2,(H,22,25)(H,23,26). The normalized spacial score (nSPS) is 19.4. The molecule has 8 nitrogen and oxygen atoms in total. The predicted octanol–water partition coefficient (Wildman–Crippen LogP) is 1.83. The molecule has 164 valence electrons. The molecule has 2 heterocycles. The van der Waals surface area contributed by atoms with Crippen molar-refractivity contribution in [1.29, 1.82) is 0 Å². The van der Waals surface area contributed by atoms with E-state index in [4.69, 9.17) is 4.74 Å². The molecule has 1 unspecified atom stereocenters. The van der Waals surface area contributed by atoms with Crippen molar-refractivity contribution in [3.05, 3.63) is 54.1 Å². The second kappa shape index (κ2) is 9.39. The van der Waals surface area contributed by atoms with E-state index >= 15 is 0 Å². The van der Waals surface area contributed by atoms with Crippen molar-refractivity contribution in [2.75, 3.05) is 31.6 Å². The average Bonchev–Trinajstić information content (AvgIpc) is 2.79. The zero-order valence-corrected chi connectivity index (χ0v) is 18.4. The Balaban J connectivity index is 1.31. The second-order valence-electron chi connectivity index (χ2n) is 7.23. The molecule has 2 N–H and O–H groups in total. The van der Waals surface area contributed by atoms with Crippen LogP contribution in [0.2, 0.25) is 0 Å². The van der Waals surface area contributed by atoms with Crippen molar-refractivity contribution in [2.24, 2.45) is 0 Å². The van der Waals surface area contributed by atoms with Crippen LogP contribution in [0.3, 0.4) is 0 Å². The Kier molecular flexibility index (Phi) is 6.61. The summed E-state index contributed by atoms with van der Waals surface area (Å²) in [5.74, 6) is -0.423. The summed E-state index contributed by atoms with van der Waals surface area (Å²) in [4.78, 5) is 25.8. The first-order valence-electron chi connectivity index (χ1n) is 9.93. The van der Waals surface area contributed by atoms with Crippen molar-refractivity contribution in [3.8, 4) is 0 Å². The molecule has 0 bridgehead atoms. The Morgan fingerprint density at radius 2 is 1.84 bits per heavy atom. The third-order valence-corrected chi connectivity index (χ3v) is 8.29. The maximum Gasteiger partial charge on any atom is 0.243 e. The molecule has 2 aromatic carbocycles. The summed E-state index contributed by atoms with van der Waals surface area (Å²) in [5, 5.41) is 5.14. The summed E-state index contributed by atoms with van der Waals surface area (Å²) in [7, 11) is -3.54. The minimum Gasteiger partial charge on any atom is -0.379 e. The molecule has 2 aliphatic heterocycles. The van der Waals surface area contributed by atoms with E-state index in [1.807, 2.05) is 24.3 Å². The highest BCUT2D eigenvalue weighted by Gasteiger charge is 2.29. The largest absolute Gasteiger partial charge is 0.379 e. The van der Waals surface area contributed by atoms with Crippen LogP contribution in [0, 0.1) is 0 Å². The van der Waals surface area contributed by atoms with Crippen molar-refractivity contribution in [2.45, 2.75) is 28.0 Å². The highest BCUT2D eigenvalue weighted by molar-refractivity contribution is 8.01. The Hall–Kier alpha value is -2.40. The predicted molar refractivity (Wildman–Crippen MR) is 117 cm³/mol. The zero-order valence-electron chi connectivity index (χ0n) is 16.7. The van der Waals surface area contributed by atoms with Crippen molar-refractivity contribution in [3.63, 3.8) is 0 Å². The Morgan fingerprint density at radius 1 is 1.13 bits per heavy atom. The lowest BCUT2D eigenvalue weighted by atomic mass is 10.2. The number of benzene rings is 2. The number of hydrogen-bond donors (Lipinski definition) is 2. The SMILES string of the molecule is O=C(CC1Sc2ccccc2NC1=O)NCc1ccc(S(=O)(=O)N2CCOCC2)cc1. The number of carbonyl (C=O) groups excluding carboxylic acids is 2. The molecule has 0 saturated carbocycles. The summed E-state index contributed by atoms with van der Waals surface area (Å²) in [6.45, 7) is 1.74. The quantitative estimate of drug-likeness (QED) is 0.680. The monoisotopic (exact) mass is 461 g/mol. The minimum atomic E-state index is -3.54. The fourth-order valence-electron chi connectivity index (χ4n) is 3.38. The van der Waals surface area contributed by atoms with Crippen LogP contribution in [0.1, 0.15) is 12.0 Å². The Bertz CT molecular complexity index is 1070. The molecule has 2 aromatic rings. The van der Waals surface area contributed by atoms with E-state index in [-0.39, 0.29) is 29.7 Å². The van der Waals surface area contributed by atoms with Crippen LogP contribution in [0.15, 0.2) is 58.3 Å². The number of sulfonamides is 1. The molecule has 2 amide bonds. The summed E-state index contributed by atoms with van der Waals surface area (Å²) >= 11 is 1.38. The fraction of sp³-hybridized carbons (Fsp3) is 0.333. The van der Waals surface area contributed by atoms with Gasteiger partial charge in [0.25, 0.3) is 0 Å². The van der Waals surface area contributed by atoms with Crippen molar-refractivity contribution < 1.29 is 22.7 Å². The molecule has 31 heavy (non-hydrogen) atoms. The van der Waals surface area contributed by atoms with Crippen molar-refractivity contribution in [1.82, 2.24) is 9.62 Å². The number of ether oxygens (including phenoxy) is 1. The Morgan fingerprint density at radius 3 is 2.58 bits per heavy atom. The number of thioether (sulfide) groups is 1. The minimum absolute atomic E-state index is 0.0638. The number of rotatable bonds is 6. The van der Waals surface area contributed by atoms with Gasteiger partial charge in [-0.25, -0.2) is 8.42 Å². The number of amides is 2. The highest BCUT2D eigenvalue weighted by atomic mass is 32.2. The van der Waals surface area contributed by atoms with E-state index < -0.39 is 15.3 Å². The van der Waals surface area contributed by atoms with E-state index in [1.54, 1.807) is 24.3 Å². The molecule has 1 atom stereocenters. The van der Waals surface area contributed by atoms with Gasteiger partial charge in [-0.2, -0.15) is 4.31 Å². The maximum atomic E-state index is 12.7. The van der Waals surface area contributed by atoms with Gasteiger partial charge >= 0.3 is 0 Å². The molecule has 1 saturated heterocycles. The number of fused-ring (bicyclic) bond motifs is 1. The molecule has 0 aliphatic carbocycles. The van der Waals surface area contributed by atoms with Gasteiger partial charge in [0, 0.05) is 31.0 Å². The third kappa shape index (κ3) is 5.09. The molecule has 10 heteroatoms. The van der Waals surface area contributed by atoms with Gasteiger partial charge in [0.2, 0.25) is 21.8 Å². The first-order valence-corrected chi connectivity index (χ1v) is 12.3. The van der Waals surface area contributed by atoms with Gasteiger partial charge in [0.1, 0.15) is 0 Å². The number of hydrogen-bond acceptors (Lipinski definition) is 6. The van der Waals surface area contributed by atoms with Gasteiger partial charge in [-0.3, -0.25) is 9.59 Å². The maximum absolute atomic E-state index is 12.7. The van der Waals surface area contributed by atoms with Crippen LogP contribution < -0.4 is 10.6 Å². The zero-order chi connectivity index (χ0) is 21.8. The molecule has 1 fully saturated rings. The van der Waals surface area contributed by atoms with E-state index in [0.717, 1.165) is 16.1 Å². The van der Waals surface area contributed by atoms with Gasteiger partial charge in [-0.05, 0) is 29.8 Å². The first kappa shape index (κ1) is 21.8. The van der Waals surface area contributed by atoms with Crippen molar-refractivity contribution >= 4 is 39.3 Å². The average molecular weight is 462 g/mol. The van der Waals surface area contributed by atoms with Crippen LogP contribution in [-0.2, 0) is 30.9 Å². The summed E-state index contributed by atoms with van der Waals surface area (Å²) in [6.07, 6.45) is 0.0638. The number of morpholine rings is 1. The van der Waals surface area contributed by atoms with Crippen LogP contribution in [-0.4, -0.2) is 56.1 Å². The van der Waals surface area contributed by atoms with Gasteiger partial charge in [-0.1, -0.05) is 24.3 Å². The topological polar surface area (TPSA) is 105 Å². The lowest BCUT2D eigenvalue weighted by Crippen LogP contribution is -2.40.